The molecule has 0 spiro atoms. The molecule has 1 aromatic carbocycles. The topological polar surface area (TPSA) is 34.1 Å². The maximum Gasteiger partial charge on any atom is 0.124 e. The molecule has 0 bridgehead atoms. The highest BCUT2D eigenvalue weighted by Gasteiger charge is 2.11. The molecule has 21 heavy (non-hydrogen) atoms. The molecular weight excluding hydrogens is 284 g/mol. The molecule has 3 nitrogen and oxygen atoms in total. The molecule has 4 heteroatoms. The maximum atomic E-state index is 6.10. The van der Waals surface area contributed by atoms with Gasteiger partial charge in [-0.2, -0.15) is 0 Å². The highest BCUT2D eigenvalue weighted by Crippen LogP contribution is 2.28. The number of nitrogens with one attached hydrogen (secondary N) is 1. The van der Waals surface area contributed by atoms with Crippen molar-refractivity contribution < 1.29 is 4.74 Å². The summed E-state index contributed by atoms with van der Waals surface area (Å²) >= 11 is 6.10. The predicted octanol–water partition coefficient (Wildman–Crippen LogP) is 4.03. The smallest absolute Gasteiger partial charge is 0.124 e. The third kappa shape index (κ3) is 4.73. The molecule has 0 saturated heterocycles. The van der Waals surface area contributed by atoms with Gasteiger partial charge in [-0.25, -0.2) is 0 Å². The summed E-state index contributed by atoms with van der Waals surface area (Å²) in [7, 11) is 0. The summed E-state index contributed by atoms with van der Waals surface area (Å²) in [4.78, 5) is 4.02. The molecule has 1 heterocycles. The first-order valence-electron chi connectivity index (χ1n) is 7.25. The second kappa shape index (κ2) is 8.01. The fourth-order valence-corrected chi connectivity index (χ4v) is 2.41. The summed E-state index contributed by atoms with van der Waals surface area (Å²) in [6, 6.07) is 10.0. The lowest BCUT2D eigenvalue weighted by molar-refractivity contribution is 0.315. The van der Waals surface area contributed by atoms with Gasteiger partial charge in [-0.05, 0) is 49.4 Å². The maximum absolute atomic E-state index is 6.10. The van der Waals surface area contributed by atoms with Crippen LogP contribution in [0.2, 0.25) is 5.02 Å². The minimum Gasteiger partial charge on any atom is -0.493 e. The molecule has 0 fully saturated rings. The van der Waals surface area contributed by atoms with Crippen molar-refractivity contribution >= 4 is 11.6 Å². The Labute approximate surface area is 131 Å². The van der Waals surface area contributed by atoms with Crippen molar-refractivity contribution in [2.24, 2.45) is 0 Å². The summed E-state index contributed by atoms with van der Waals surface area (Å²) in [6.07, 6.45) is 4.47. The third-order valence-electron chi connectivity index (χ3n) is 3.35. The van der Waals surface area contributed by atoms with Crippen molar-refractivity contribution in [2.45, 2.75) is 26.3 Å². The van der Waals surface area contributed by atoms with E-state index in [1.165, 1.54) is 5.56 Å². The first-order chi connectivity index (χ1) is 10.2. The van der Waals surface area contributed by atoms with Gasteiger partial charge in [0.05, 0.1) is 6.61 Å². The number of ether oxygens (including phenoxy) is 1. The Kier molecular flexibility index (Phi) is 6.03. The van der Waals surface area contributed by atoms with E-state index >= 15 is 0 Å². The van der Waals surface area contributed by atoms with E-state index in [0.717, 1.165) is 29.3 Å². The van der Waals surface area contributed by atoms with Crippen LogP contribution >= 0.6 is 11.6 Å². The van der Waals surface area contributed by atoms with Gasteiger partial charge in [0.2, 0.25) is 0 Å². The van der Waals surface area contributed by atoms with Gasteiger partial charge >= 0.3 is 0 Å². The number of hydrogen-bond acceptors (Lipinski definition) is 3. The van der Waals surface area contributed by atoms with Crippen LogP contribution in [0.4, 0.5) is 0 Å². The van der Waals surface area contributed by atoms with Crippen molar-refractivity contribution in [2.75, 3.05) is 13.2 Å². The van der Waals surface area contributed by atoms with E-state index in [2.05, 4.69) is 24.1 Å². The van der Waals surface area contributed by atoms with E-state index in [0.29, 0.717) is 6.61 Å². The number of pyridine rings is 1. The average Bonchev–Trinajstić information content (AvgIpc) is 2.50. The number of hydrogen-bond donors (Lipinski definition) is 1. The van der Waals surface area contributed by atoms with Crippen LogP contribution in [0.1, 0.15) is 31.0 Å². The fraction of sp³-hybridized carbons (Fsp3) is 0.353. The van der Waals surface area contributed by atoms with E-state index in [4.69, 9.17) is 16.3 Å². The highest BCUT2D eigenvalue weighted by molar-refractivity contribution is 6.30. The number of rotatable bonds is 7. The SMILES string of the molecule is CCNC(C)c1cc(Cl)ccc1OCCc1ccncc1. The second-order valence-corrected chi connectivity index (χ2v) is 5.35. The fourth-order valence-electron chi connectivity index (χ4n) is 2.23. The van der Waals surface area contributed by atoms with Gasteiger partial charge in [-0.15, -0.1) is 0 Å². The molecule has 0 aliphatic rings. The van der Waals surface area contributed by atoms with Crippen LogP contribution in [0.25, 0.3) is 0 Å². The predicted molar refractivity (Wildman–Crippen MR) is 87.0 cm³/mol. The normalized spacial score (nSPS) is 12.1. The van der Waals surface area contributed by atoms with Gasteiger partial charge in [0.25, 0.3) is 0 Å². The molecule has 0 aliphatic heterocycles. The molecule has 1 N–H and O–H groups in total. The molecule has 1 aromatic heterocycles. The van der Waals surface area contributed by atoms with E-state index in [1.807, 2.05) is 30.3 Å². The van der Waals surface area contributed by atoms with Crippen LogP contribution in [-0.4, -0.2) is 18.1 Å². The van der Waals surface area contributed by atoms with E-state index in [-0.39, 0.29) is 6.04 Å². The summed E-state index contributed by atoms with van der Waals surface area (Å²) in [5, 5.41) is 4.12. The summed E-state index contributed by atoms with van der Waals surface area (Å²) < 4.78 is 5.94. The molecule has 0 aliphatic carbocycles. The molecule has 2 rings (SSSR count). The van der Waals surface area contributed by atoms with Crippen LogP contribution in [0.15, 0.2) is 42.7 Å². The lowest BCUT2D eigenvalue weighted by atomic mass is 10.1. The number of halogens is 1. The standard InChI is InChI=1S/C17H21ClN2O/c1-3-20-13(2)16-12-15(18)4-5-17(16)21-11-8-14-6-9-19-10-7-14/h4-7,9-10,12-13,20H,3,8,11H2,1-2H3. The molecule has 1 atom stereocenters. The van der Waals surface area contributed by atoms with Crippen LogP contribution < -0.4 is 10.1 Å². The highest BCUT2D eigenvalue weighted by atomic mass is 35.5. The molecule has 0 radical (unpaired) electrons. The third-order valence-corrected chi connectivity index (χ3v) is 3.58. The zero-order valence-corrected chi connectivity index (χ0v) is 13.2. The van der Waals surface area contributed by atoms with Gasteiger partial charge in [-0.1, -0.05) is 18.5 Å². The van der Waals surface area contributed by atoms with Crippen LogP contribution in [0.5, 0.6) is 5.75 Å². The molecule has 1 unspecified atom stereocenters. The summed E-state index contributed by atoms with van der Waals surface area (Å²) in [5.41, 5.74) is 2.32. The minimum absolute atomic E-state index is 0.213. The first kappa shape index (κ1) is 15.8. The Morgan fingerprint density at radius 2 is 2.00 bits per heavy atom. The van der Waals surface area contributed by atoms with Gasteiger partial charge in [-0.3, -0.25) is 4.98 Å². The van der Waals surface area contributed by atoms with Gasteiger partial charge < -0.3 is 10.1 Å². The minimum atomic E-state index is 0.213. The van der Waals surface area contributed by atoms with Gasteiger partial charge in [0.15, 0.2) is 0 Å². The molecule has 112 valence electrons. The van der Waals surface area contributed by atoms with Crippen LogP contribution in [0, 0.1) is 0 Å². The van der Waals surface area contributed by atoms with E-state index < -0.39 is 0 Å². The van der Waals surface area contributed by atoms with E-state index in [9.17, 15) is 0 Å². The monoisotopic (exact) mass is 304 g/mol. The molecular formula is C17H21ClN2O. The van der Waals surface area contributed by atoms with Crippen molar-refractivity contribution in [1.82, 2.24) is 10.3 Å². The molecule has 0 saturated carbocycles. The molecule has 2 aromatic rings. The van der Waals surface area contributed by atoms with Crippen molar-refractivity contribution in [3.05, 3.63) is 58.9 Å². The van der Waals surface area contributed by atoms with Crippen LogP contribution in [0.3, 0.4) is 0 Å². The van der Waals surface area contributed by atoms with Gasteiger partial charge in [0.1, 0.15) is 5.75 Å². The number of aromatic nitrogens is 1. The largest absolute Gasteiger partial charge is 0.493 e. The zero-order valence-electron chi connectivity index (χ0n) is 12.5. The Morgan fingerprint density at radius 3 is 2.71 bits per heavy atom. The zero-order chi connectivity index (χ0) is 15.1. The van der Waals surface area contributed by atoms with Crippen LogP contribution in [-0.2, 0) is 6.42 Å². The Bertz CT molecular complexity index is 560. The average molecular weight is 305 g/mol. The Hall–Kier alpha value is -1.58. The summed E-state index contributed by atoms with van der Waals surface area (Å²) in [6.45, 7) is 5.75. The van der Waals surface area contributed by atoms with Gasteiger partial charge in [0, 0.05) is 35.4 Å². The number of benzene rings is 1. The lowest BCUT2D eigenvalue weighted by Gasteiger charge is -2.18. The molecule has 0 amide bonds. The second-order valence-electron chi connectivity index (χ2n) is 4.92. The lowest BCUT2D eigenvalue weighted by Crippen LogP contribution is -2.18. The Morgan fingerprint density at radius 1 is 1.24 bits per heavy atom. The quantitative estimate of drug-likeness (QED) is 0.838. The van der Waals surface area contributed by atoms with Crippen molar-refractivity contribution in [1.29, 1.82) is 0 Å². The van der Waals surface area contributed by atoms with Crippen molar-refractivity contribution in [3.63, 3.8) is 0 Å². The van der Waals surface area contributed by atoms with Crippen molar-refractivity contribution in [3.8, 4) is 5.75 Å². The number of nitrogens with zero attached hydrogens (tertiary/aromatic N) is 1. The Balaban J connectivity index is 2.02. The van der Waals surface area contributed by atoms with E-state index in [1.54, 1.807) is 12.4 Å². The summed E-state index contributed by atoms with van der Waals surface area (Å²) in [5.74, 6) is 0.891. The first-order valence-corrected chi connectivity index (χ1v) is 7.63.